The molecule has 1 fully saturated rings. The summed E-state index contributed by atoms with van der Waals surface area (Å²) in [7, 11) is 0. The third-order valence-corrected chi connectivity index (χ3v) is 6.33. The van der Waals surface area contributed by atoms with Gasteiger partial charge in [0, 0.05) is 44.6 Å². The van der Waals surface area contributed by atoms with Gasteiger partial charge in [0.25, 0.3) is 0 Å². The molecule has 3 aromatic rings. The minimum absolute atomic E-state index is 0.584. The molecular formula is C27H31F3N4. The number of hydrogen-bond donors (Lipinski definition) is 1. The zero-order chi connectivity index (χ0) is 24.0. The minimum atomic E-state index is -4.30. The molecule has 0 radical (unpaired) electrons. The topological polar surface area (TPSA) is 31.4 Å². The molecule has 1 aliphatic rings. The summed E-state index contributed by atoms with van der Waals surface area (Å²) >= 11 is 0. The standard InChI is InChI=1S/C27H31F3N4/c1-21-7-2-3-10-25(21)22-11-13-32-26(19-22)31-12-4-5-14-33-15-17-34(18-16-33)24-9-6-8-23(20-24)27(28,29)30/h2-3,6-11,13,19-20H,4-5,12,14-18H2,1H3,(H,31,32). The molecule has 2 heterocycles. The fourth-order valence-electron chi connectivity index (χ4n) is 4.38. The van der Waals surface area contributed by atoms with Crippen LogP contribution in [0.25, 0.3) is 11.1 Å². The van der Waals surface area contributed by atoms with Crippen LogP contribution >= 0.6 is 0 Å². The SMILES string of the molecule is Cc1ccccc1-c1ccnc(NCCCCN2CCN(c3cccc(C(F)(F)F)c3)CC2)c1. The first kappa shape index (κ1) is 24.1. The Kier molecular flexibility index (Phi) is 7.73. The predicted molar refractivity (Wildman–Crippen MR) is 132 cm³/mol. The lowest BCUT2D eigenvalue weighted by molar-refractivity contribution is -0.137. The fourth-order valence-corrected chi connectivity index (χ4v) is 4.38. The van der Waals surface area contributed by atoms with Crippen molar-refractivity contribution in [2.75, 3.05) is 49.5 Å². The molecule has 0 unspecified atom stereocenters. The van der Waals surface area contributed by atoms with Crippen LogP contribution in [0.4, 0.5) is 24.7 Å². The molecular weight excluding hydrogens is 437 g/mol. The summed E-state index contributed by atoms with van der Waals surface area (Å²) in [5.74, 6) is 0.885. The van der Waals surface area contributed by atoms with Gasteiger partial charge in [-0.05, 0) is 73.3 Å². The number of nitrogens with zero attached hydrogens (tertiary/aromatic N) is 3. The van der Waals surface area contributed by atoms with Crippen LogP contribution < -0.4 is 10.2 Å². The van der Waals surface area contributed by atoms with Crippen LogP contribution in [0.1, 0.15) is 24.0 Å². The van der Waals surface area contributed by atoms with Crippen molar-refractivity contribution in [3.8, 4) is 11.1 Å². The molecule has 4 rings (SSSR count). The number of piperazine rings is 1. The minimum Gasteiger partial charge on any atom is -0.370 e. The van der Waals surface area contributed by atoms with Crippen LogP contribution in [-0.4, -0.2) is 49.2 Å². The van der Waals surface area contributed by atoms with Crippen LogP contribution in [0.5, 0.6) is 0 Å². The van der Waals surface area contributed by atoms with E-state index in [0.717, 1.165) is 69.6 Å². The van der Waals surface area contributed by atoms with Gasteiger partial charge in [-0.3, -0.25) is 4.90 Å². The highest BCUT2D eigenvalue weighted by Gasteiger charge is 2.31. The highest BCUT2D eigenvalue weighted by Crippen LogP contribution is 2.32. The van der Waals surface area contributed by atoms with Crippen LogP contribution in [-0.2, 0) is 6.18 Å². The molecule has 0 amide bonds. The lowest BCUT2D eigenvalue weighted by atomic mass is 10.0. The molecule has 1 N–H and O–H groups in total. The first-order valence-electron chi connectivity index (χ1n) is 11.8. The highest BCUT2D eigenvalue weighted by molar-refractivity contribution is 5.69. The van der Waals surface area contributed by atoms with Crippen LogP contribution in [0.2, 0.25) is 0 Å². The average molecular weight is 469 g/mol. The number of pyridine rings is 1. The van der Waals surface area contributed by atoms with E-state index in [-0.39, 0.29) is 0 Å². The molecule has 0 saturated carbocycles. The summed E-state index contributed by atoms with van der Waals surface area (Å²) in [6.07, 6.45) is -0.366. The highest BCUT2D eigenvalue weighted by atomic mass is 19.4. The Labute approximate surface area is 199 Å². The van der Waals surface area contributed by atoms with Crippen LogP contribution in [0.3, 0.4) is 0 Å². The second-order valence-corrected chi connectivity index (χ2v) is 8.76. The van der Waals surface area contributed by atoms with Gasteiger partial charge in [-0.1, -0.05) is 30.3 Å². The van der Waals surface area contributed by atoms with Crippen molar-refractivity contribution >= 4 is 11.5 Å². The van der Waals surface area contributed by atoms with Crippen molar-refractivity contribution in [2.24, 2.45) is 0 Å². The Morgan fingerprint density at radius 1 is 0.912 bits per heavy atom. The summed E-state index contributed by atoms with van der Waals surface area (Å²) in [5.41, 5.74) is 3.69. The van der Waals surface area contributed by atoms with E-state index in [0.29, 0.717) is 5.69 Å². The molecule has 0 spiro atoms. The number of aryl methyl sites for hydroxylation is 1. The van der Waals surface area contributed by atoms with Crippen molar-refractivity contribution in [3.63, 3.8) is 0 Å². The number of benzene rings is 2. The summed E-state index contributed by atoms with van der Waals surface area (Å²) in [6, 6.07) is 18.1. The molecule has 34 heavy (non-hydrogen) atoms. The van der Waals surface area contributed by atoms with Gasteiger partial charge >= 0.3 is 6.18 Å². The zero-order valence-electron chi connectivity index (χ0n) is 19.5. The van der Waals surface area contributed by atoms with Gasteiger partial charge in [0.05, 0.1) is 5.56 Å². The second kappa shape index (κ2) is 10.9. The van der Waals surface area contributed by atoms with E-state index in [9.17, 15) is 13.2 Å². The van der Waals surface area contributed by atoms with Crippen molar-refractivity contribution in [1.29, 1.82) is 0 Å². The summed E-state index contributed by atoms with van der Waals surface area (Å²) in [4.78, 5) is 8.88. The number of nitrogens with one attached hydrogen (secondary N) is 1. The number of aromatic nitrogens is 1. The Morgan fingerprint density at radius 3 is 2.47 bits per heavy atom. The van der Waals surface area contributed by atoms with E-state index < -0.39 is 11.7 Å². The molecule has 7 heteroatoms. The number of anilines is 2. The average Bonchev–Trinajstić information content (AvgIpc) is 2.84. The third kappa shape index (κ3) is 6.29. The Hall–Kier alpha value is -3.06. The first-order chi connectivity index (χ1) is 16.4. The van der Waals surface area contributed by atoms with Gasteiger partial charge < -0.3 is 10.2 Å². The van der Waals surface area contributed by atoms with E-state index in [4.69, 9.17) is 0 Å². The molecule has 0 aliphatic carbocycles. The Bertz CT molecular complexity index is 1080. The number of rotatable bonds is 8. The van der Waals surface area contributed by atoms with Gasteiger partial charge in [0.2, 0.25) is 0 Å². The predicted octanol–water partition coefficient (Wildman–Crippen LogP) is 6.09. The lowest BCUT2D eigenvalue weighted by Crippen LogP contribution is -2.46. The molecule has 1 aromatic heterocycles. The number of hydrogen-bond acceptors (Lipinski definition) is 4. The van der Waals surface area contributed by atoms with E-state index in [1.165, 1.54) is 23.3 Å². The van der Waals surface area contributed by atoms with Crippen molar-refractivity contribution < 1.29 is 13.2 Å². The summed E-state index contributed by atoms with van der Waals surface area (Å²) < 4.78 is 39.0. The number of halogens is 3. The van der Waals surface area contributed by atoms with Gasteiger partial charge in [-0.2, -0.15) is 13.2 Å². The van der Waals surface area contributed by atoms with E-state index in [1.54, 1.807) is 6.07 Å². The van der Waals surface area contributed by atoms with Crippen LogP contribution in [0, 0.1) is 6.92 Å². The maximum Gasteiger partial charge on any atom is 0.416 e. The molecule has 0 atom stereocenters. The summed E-state index contributed by atoms with van der Waals surface area (Å²) in [5, 5.41) is 3.43. The second-order valence-electron chi connectivity index (χ2n) is 8.76. The quantitative estimate of drug-likeness (QED) is 0.406. The van der Waals surface area contributed by atoms with E-state index in [2.05, 4.69) is 46.4 Å². The zero-order valence-corrected chi connectivity index (χ0v) is 19.5. The smallest absolute Gasteiger partial charge is 0.370 e. The number of alkyl halides is 3. The Morgan fingerprint density at radius 2 is 1.71 bits per heavy atom. The largest absolute Gasteiger partial charge is 0.416 e. The van der Waals surface area contributed by atoms with E-state index >= 15 is 0 Å². The van der Waals surface area contributed by atoms with Crippen molar-refractivity contribution in [3.05, 3.63) is 78.0 Å². The van der Waals surface area contributed by atoms with Crippen LogP contribution in [0.15, 0.2) is 66.9 Å². The summed E-state index contributed by atoms with van der Waals surface area (Å²) in [6.45, 7) is 7.18. The molecule has 4 nitrogen and oxygen atoms in total. The van der Waals surface area contributed by atoms with E-state index in [1.807, 2.05) is 23.2 Å². The van der Waals surface area contributed by atoms with Gasteiger partial charge in [-0.25, -0.2) is 4.98 Å². The van der Waals surface area contributed by atoms with Crippen molar-refractivity contribution in [1.82, 2.24) is 9.88 Å². The number of unbranched alkanes of at least 4 members (excludes halogenated alkanes) is 1. The maximum absolute atomic E-state index is 13.0. The van der Waals surface area contributed by atoms with Crippen molar-refractivity contribution in [2.45, 2.75) is 25.9 Å². The maximum atomic E-state index is 13.0. The normalized spacial score (nSPS) is 14.9. The Balaban J connectivity index is 1.18. The van der Waals surface area contributed by atoms with Gasteiger partial charge in [-0.15, -0.1) is 0 Å². The molecule has 2 aromatic carbocycles. The lowest BCUT2D eigenvalue weighted by Gasteiger charge is -2.36. The third-order valence-electron chi connectivity index (χ3n) is 6.33. The fraction of sp³-hybridized carbons (Fsp3) is 0.370. The molecule has 0 bridgehead atoms. The molecule has 1 saturated heterocycles. The molecule has 1 aliphatic heterocycles. The monoisotopic (exact) mass is 468 g/mol. The first-order valence-corrected chi connectivity index (χ1v) is 11.8. The van der Waals surface area contributed by atoms with Gasteiger partial charge in [0.15, 0.2) is 0 Å². The van der Waals surface area contributed by atoms with Gasteiger partial charge in [0.1, 0.15) is 5.82 Å². The molecule has 180 valence electrons.